The van der Waals surface area contributed by atoms with Crippen LogP contribution in [-0.4, -0.2) is 81.1 Å². The Labute approximate surface area is 165 Å². The molecule has 7 nitrogen and oxygen atoms in total. The average molecular weight is 398 g/mol. The van der Waals surface area contributed by atoms with Crippen LogP contribution in [0.5, 0.6) is 0 Å². The summed E-state index contributed by atoms with van der Waals surface area (Å²) >= 11 is 1.22. The molecule has 0 bridgehead atoms. The molecule has 0 aliphatic carbocycles. The number of hydrogen-bond donors (Lipinski definition) is 0. The standard InChI is InChI=1S/C19H31N3O4S/c1-5-22-15(23)19(27-17(22)25)9-6-10-21(13-19)14-7-11-20(12-8-14)16(24)26-18(2,3)4/h14H,5-13H2,1-4H3. The molecule has 0 radical (unpaired) electrons. The molecule has 3 fully saturated rings. The van der Waals surface area contributed by atoms with Gasteiger partial charge >= 0.3 is 6.09 Å². The first-order valence-electron chi connectivity index (χ1n) is 9.92. The summed E-state index contributed by atoms with van der Waals surface area (Å²) in [5.74, 6) is -0.0177. The molecule has 1 atom stereocenters. The summed E-state index contributed by atoms with van der Waals surface area (Å²) in [6.45, 7) is 10.9. The van der Waals surface area contributed by atoms with Gasteiger partial charge in [0.15, 0.2) is 0 Å². The van der Waals surface area contributed by atoms with Gasteiger partial charge in [0.2, 0.25) is 5.91 Å². The van der Waals surface area contributed by atoms with Gasteiger partial charge < -0.3 is 9.64 Å². The quantitative estimate of drug-likeness (QED) is 0.714. The lowest BCUT2D eigenvalue weighted by Crippen LogP contribution is -2.56. The predicted octanol–water partition coefficient (Wildman–Crippen LogP) is 2.94. The van der Waals surface area contributed by atoms with Gasteiger partial charge in [-0.2, -0.15) is 0 Å². The van der Waals surface area contributed by atoms with Crippen molar-refractivity contribution in [2.45, 2.75) is 69.8 Å². The van der Waals surface area contributed by atoms with Crippen LogP contribution in [0.4, 0.5) is 9.59 Å². The van der Waals surface area contributed by atoms with Gasteiger partial charge in [0.25, 0.3) is 5.24 Å². The largest absolute Gasteiger partial charge is 0.444 e. The van der Waals surface area contributed by atoms with Crippen molar-refractivity contribution in [3.63, 3.8) is 0 Å². The van der Waals surface area contributed by atoms with Crippen molar-refractivity contribution in [2.24, 2.45) is 0 Å². The monoisotopic (exact) mass is 397 g/mol. The summed E-state index contributed by atoms with van der Waals surface area (Å²) in [6.07, 6.45) is 3.20. The summed E-state index contributed by atoms with van der Waals surface area (Å²) in [7, 11) is 0. The lowest BCUT2D eigenvalue weighted by atomic mass is 9.92. The molecule has 0 aromatic carbocycles. The highest BCUT2D eigenvalue weighted by Crippen LogP contribution is 2.44. The molecular formula is C19H31N3O4S. The van der Waals surface area contributed by atoms with Crippen LogP contribution in [0.2, 0.25) is 0 Å². The molecule has 0 N–H and O–H groups in total. The van der Waals surface area contributed by atoms with Crippen LogP contribution in [0, 0.1) is 0 Å². The molecule has 8 heteroatoms. The number of ether oxygens (including phenoxy) is 1. The molecule has 3 saturated heterocycles. The third-order valence-electron chi connectivity index (χ3n) is 5.57. The minimum absolute atomic E-state index is 0.0177. The Morgan fingerprint density at radius 3 is 2.44 bits per heavy atom. The third-order valence-corrected chi connectivity index (χ3v) is 6.86. The summed E-state index contributed by atoms with van der Waals surface area (Å²) in [5.41, 5.74) is -0.481. The maximum absolute atomic E-state index is 12.8. The highest BCUT2D eigenvalue weighted by Gasteiger charge is 2.54. The smallest absolute Gasteiger partial charge is 0.410 e. The van der Waals surface area contributed by atoms with E-state index in [9.17, 15) is 14.4 Å². The van der Waals surface area contributed by atoms with Crippen molar-refractivity contribution in [3.05, 3.63) is 0 Å². The van der Waals surface area contributed by atoms with Crippen LogP contribution < -0.4 is 0 Å². The Balaban J connectivity index is 1.58. The molecule has 0 aromatic rings. The second-order valence-electron chi connectivity index (χ2n) is 8.68. The van der Waals surface area contributed by atoms with Crippen LogP contribution in [-0.2, 0) is 9.53 Å². The Morgan fingerprint density at radius 1 is 1.22 bits per heavy atom. The van der Waals surface area contributed by atoms with Gasteiger partial charge in [-0.15, -0.1) is 0 Å². The Kier molecular flexibility index (Phi) is 5.77. The average Bonchev–Trinajstić information content (AvgIpc) is 2.83. The van der Waals surface area contributed by atoms with Crippen molar-refractivity contribution in [3.8, 4) is 0 Å². The molecule has 1 spiro atoms. The second-order valence-corrected chi connectivity index (χ2v) is 10.0. The Bertz CT molecular complexity index is 613. The number of likely N-dealkylation sites (tertiary alicyclic amines) is 2. The number of carbonyl (C=O) groups is 3. The molecule has 3 heterocycles. The van der Waals surface area contributed by atoms with E-state index in [0.29, 0.717) is 32.2 Å². The number of amides is 3. The number of rotatable bonds is 2. The van der Waals surface area contributed by atoms with Gasteiger partial charge in [-0.05, 0) is 71.7 Å². The topological polar surface area (TPSA) is 70.2 Å². The maximum Gasteiger partial charge on any atom is 0.410 e. The number of hydrogen-bond acceptors (Lipinski definition) is 6. The third kappa shape index (κ3) is 4.26. The van der Waals surface area contributed by atoms with Crippen molar-refractivity contribution in [1.29, 1.82) is 0 Å². The van der Waals surface area contributed by atoms with Crippen molar-refractivity contribution < 1.29 is 19.1 Å². The van der Waals surface area contributed by atoms with Gasteiger partial charge in [0.05, 0.1) is 0 Å². The van der Waals surface area contributed by atoms with Crippen LogP contribution in [0.15, 0.2) is 0 Å². The van der Waals surface area contributed by atoms with E-state index in [1.54, 1.807) is 4.90 Å². The van der Waals surface area contributed by atoms with E-state index in [1.165, 1.54) is 16.7 Å². The fourth-order valence-electron chi connectivity index (χ4n) is 4.23. The van der Waals surface area contributed by atoms with E-state index in [1.807, 2.05) is 27.7 Å². The fourth-order valence-corrected chi connectivity index (χ4v) is 5.56. The maximum atomic E-state index is 12.8. The van der Waals surface area contributed by atoms with E-state index >= 15 is 0 Å². The number of imide groups is 1. The summed E-state index contributed by atoms with van der Waals surface area (Å²) < 4.78 is 4.86. The molecule has 0 saturated carbocycles. The van der Waals surface area contributed by atoms with Crippen molar-refractivity contribution >= 4 is 29.0 Å². The van der Waals surface area contributed by atoms with Gasteiger partial charge in [0.1, 0.15) is 10.3 Å². The fraction of sp³-hybridized carbons (Fsp3) is 0.842. The van der Waals surface area contributed by atoms with E-state index in [0.717, 1.165) is 32.2 Å². The zero-order chi connectivity index (χ0) is 19.8. The normalized spacial score (nSPS) is 28.3. The number of carbonyl (C=O) groups excluding carboxylic acids is 3. The lowest BCUT2D eigenvalue weighted by molar-refractivity contribution is -0.131. The van der Waals surface area contributed by atoms with Crippen molar-refractivity contribution in [1.82, 2.24) is 14.7 Å². The minimum atomic E-state index is -0.604. The van der Waals surface area contributed by atoms with E-state index < -0.39 is 10.3 Å². The van der Waals surface area contributed by atoms with Crippen LogP contribution in [0.1, 0.15) is 53.4 Å². The number of nitrogens with zero attached hydrogens (tertiary/aromatic N) is 3. The van der Waals surface area contributed by atoms with Crippen LogP contribution >= 0.6 is 11.8 Å². The van der Waals surface area contributed by atoms with Gasteiger partial charge in [-0.25, -0.2) is 4.79 Å². The van der Waals surface area contributed by atoms with E-state index in [4.69, 9.17) is 4.74 Å². The van der Waals surface area contributed by atoms with Crippen molar-refractivity contribution in [2.75, 3.05) is 32.7 Å². The lowest BCUT2D eigenvalue weighted by Gasteiger charge is -2.44. The van der Waals surface area contributed by atoms with E-state index in [2.05, 4.69) is 4.90 Å². The zero-order valence-electron chi connectivity index (χ0n) is 16.8. The molecule has 152 valence electrons. The summed E-state index contributed by atoms with van der Waals surface area (Å²) in [6, 6.07) is 0.347. The summed E-state index contributed by atoms with van der Waals surface area (Å²) in [4.78, 5) is 42.8. The van der Waals surface area contributed by atoms with Crippen LogP contribution in [0.25, 0.3) is 0 Å². The van der Waals surface area contributed by atoms with E-state index in [-0.39, 0.29) is 17.2 Å². The molecule has 0 aromatic heterocycles. The highest BCUT2D eigenvalue weighted by molar-refractivity contribution is 8.16. The highest BCUT2D eigenvalue weighted by atomic mass is 32.2. The Morgan fingerprint density at radius 2 is 1.89 bits per heavy atom. The minimum Gasteiger partial charge on any atom is -0.444 e. The molecule has 3 amide bonds. The zero-order valence-corrected chi connectivity index (χ0v) is 17.6. The molecule has 3 rings (SSSR count). The SMILES string of the molecule is CCN1C(=O)SC2(CCCN(C3CCN(C(=O)OC(C)(C)C)CC3)C2)C1=O. The van der Waals surface area contributed by atoms with Gasteiger partial charge in [-0.1, -0.05) is 0 Å². The van der Waals surface area contributed by atoms with Gasteiger partial charge in [0, 0.05) is 32.2 Å². The summed E-state index contributed by atoms with van der Waals surface area (Å²) in [5, 5.41) is -0.107. The molecule has 3 aliphatic rings. The second kappa shape index (κ2) is 7.62. The molecular weight excluding hydrogens is 366 g/mol. The number of thioether (sulfide) groups is 1. The predicted molar refractivity (Wildman–Crippen MR) is 105 cm³/mol. The van der Waals surface area contributed by atoms with Crippen LogP contribution in [0.3, 0.4) is 0 Å². The van der Waals surface area contributed by atoms with Gasteiger partial charge in [-0.3, -0.25) is 19.4 Å². The number of piperidine rings is 2. The first-order valence-corrected chi connectivity index (χ1v) is 10.7. The molecule has 3 aliphatic heterocycles. The molecule has 27 heavy (non-hydrogen) atoms. The first-order chi connectivity index (χ1) is 12.6. The molecule has 1 unspecified atom stereocenters. The Hall–Kier alpha value is -1.28. The first kappa shape index (κ1) is 20.5.